The highest BCUT2D eigenvalue weighted by atomic mass is 16.5. The van der Waals surface area contributed by atoms with Gasteiger partial charge in [-0.25, -0.2) is 0 Å². The topological polar surface area (TPSA) is 43.3 Å². The summed E-state index contributed by atoms with van der Waals surface area (Å²) in [5, 5.41) is 2.87. The molecule has 1 aliphatic rings. The Morgan fingerprint density at radius 2 is 2.06 bits per heavy atom. The number of aromatic nitrogens is 1. The van der Waals surface area contributed by atoms with Gasteiger partial charge in [-0.15, -0.1) is 0 Å². The Kier molecular flexibility index (Phi) is 2.14. The van der Waals surface area contributed by atoms with Gasteiger partial charge in [0, 0.05) is 23.6 Å². The van der Waals surface area contributed by atoms with E-state index in [1.165, 1.54) is 0 Å². The highest BCUT2D eigenvalue weighted by molar-refractivity contribution is 6.03. The minimum atomic E-state index is -0.296. The van der Waals surface area contributed by atoms with E-state index in [0.29, 0.717) is 0 Å². The number of nitrogens with one attached hydrogen (secondary N) is 1. The lowest BCUT2D eigenvalue weighted by atomic mass is 10.1. The molecule has 17 heavy (non-hydrogen) atoms. The maximum Gasteiger partial charge on any atom is 0.252 e. The van der Waals surface area contributed by atoms with Gasteiger partial charge in [0.1, 0.15) is 11.8 Å². The van der Waals surface area contributed by atoms with Gasteiger partial charge in [-0.2, -0.15) is 0 Å². The summed E-state index contributed by atoms with van der Waals surface area (Å²) in [5.74, 6) is 0.752. The van der Waals surface area contributed by atoms with Crippen molar-refractivity contribution in [2.24, 2.45) is 0 Å². The Bertz CT molecular complexity index is 561. The van der Waals surface area contributed by atoms with Crippen molar-refractivity contribution in [1.29, 1.82) is 0 Å². The van der Waals surface area contributed by atoms with E-state index in [1.807, 2.05) is 47.3 Å². The van der Waals surface area contributed by atoms with Gasteiger partial charge in [-0.1, -0.05) is 0 Å². The largest absolute Gasteiger partial charge is 0.497 e. The molecule has 1 aromatic carbocycles. The fourth-order valence-corrected chi connectivity index (χ4v) is 2.17. The Labute approximate surface area is 98.8 Å². The van der Waals surface area contributed by atoms with Crippen molar-refractivity contribution < 1.29 is 9.53 Å². The zero-order valence-corrected chi connectivity index (χ0v) is 9.38. The summed E-state index contributed by atoms with van der Waals surface area (Å²) in [6, 6.07) is 9.14. The molecule has 0 aliphatic carbocycles. The van der Waals surface area contributed by atoms with Gasteiger partial charge in [0.2, 0.25) is 0 Å². The van der Waals surface area contributed by atoms with Crippen molar-refractivity contribution in [2.75, 3.05) is 12.4 Å². The third-order valence-corrected chi connectivity index (χ3v) is 2.99. The van der Waals surface area contributed by atoms with Gasteiger partial charge in [-0.05, 0) is 30.3 Å². The van der Waals surface area contributed by atoms with Crippen LogP contribution in [0, 0.1) is 0 Å². The van der Waals surface area contributed by atoms with Gasteiger partial charge in [0.25, 0.3) is 5.91 Å². The number of hydrogen-bond acceptors (Lipinski definition) is 2. The number of rotatable bonds is 2. The molecule has 1 N–H and O–H groups in total. The van der Waals surface area contributed by atoms with E-state index in [4.69, 9.17) is 4.74 Å². The highest BCUT2D eigenvalue weighted by Crippen LogP contribution is 2.35. The number of fused-ring (bicyclic) bond motifs is 1. The number of methoxy groups -OCH3 is 1. The molecule has 1 amide bonds. The molecule has 2 heterocycles. The van der Waals surface area contributed by atoms with Crippen LogP contribution in [0.4, 0.5) is 5.69 Å². The summed E-state index contributed by atoms with van der Waals surface area (Å²) >= 11 is 0. The molecule has 1 unspecified atom stereocenters. The predicted molar refractivity (Wildman–Crippen MR) is 64.2 cm³/mol. The molecule has 1 aromatic heterocycles. The molecule has 0 radical (unpaired) electrons. The predicted octanol–water partition coefficient (Wildman–Crippen LogP) is 2.04. The lowest BCUT2D eigenvalue weighted by Crippen LogP contribution is -2.18. The zero-order valence-electron chi connectivity index (χ0n) is 9.38. The van der Waals surface area contributed by atoms with Crippen LogP contribution >= 0.6 is 0 Å². The molecular formula is C13H12N2O2. The second kappa shape index (κ2) is 3.66. The third-order valence-electron chi connectivity index (χ3n) is 2.99. The van der Waals surface area contributed by atoms with Crippen molar-refractivity contribution in [3.05, 3.63) is 48.3 Å². The molecule has 4 nitrogen and oxygen atoms in total. The molecule has 2 aromatic rings. The van der Waals surface area contributed by atoms with Crippen LogP contribution in [0.15, 0.2) is 42.7 Å². The minimum absolute atomic E-state index is 0.00977. The summed E-state index contributed by atoms with van der Waals surface area (Å²) in [5.41, 5.74) is 1.81. The Balaban J connectivity index is 2.11. The molecule has 0 saturated carbocycles. The normalized spacial score (nSPS) is 17.7. The minimum Gasteiger partial charge on any atom is -0.497 e. The average molecular weight is 228 g/mol. The highest BCUT2D eigenvalue weighted by Gasteiger charge is 2.31. The number of nitrogens with zero attached hydrogens (tertiary/aromatic N) is 1. The van der Waals surface area contributed by atoms with E-state index in [1.54, 1.807) is 7.11 Å². The number of hydrogen-bond donors (Lipinski definition) is 1. The Morgan fingerprint density at radius 1 is 1.29 bits per heavy atom. The van der Waals surface area contributed by atoms with Crippen LogP contribution in [0.25, 0.3) is 0 Å². The number of anilines is 1. The fraction of sp³-hybridized carbons (Fsp3) is 0.154. The van der Waals surface area contributed by atoms with E-state index in [-0.39, 0.29) is 11.9 Å². The van der Waals surface area contributed by atoms with Crippen LogP contribution in [-0.4, -0.2) is 17.6 Å². The lowest BCUT2D eigenvalue weighted by molar-refractivity contribution is -0.117. The summed E-state index contributed by atoms with van der Waals surface area (Å²) in [6.07, 6.45) is 3.78. The maximum absolute atomic E-state index is 12.0. The van der Waals surface area contributed by atoms with E-state index in [9.17, 15) is 4.79 Å². The molecule has 0 spiro atoms. The quantitative estimate of drug-likeness (QED) is 0.854. The van der Waals surface area contributed by atoms with E-state index in [2.05, 4.69) is 5.32 Å². The summed E-state index contributed by atoms with van der Waals surface area (Å²) in [6.45, 7) is 0. The molecule has 4 heteroatoms. The third kappa shape index (κ3) is 1.49. The summed E-state index contributed by atoms with van der Waals surface area (Å²) in [4.78, 5) is 12.0. The maximum atomic E-state index is 12.0. The van der Waals surface area contributed by atoms with Gasteiger partial charge >= 0.3 is 0 Å². The Hall–Kier alpha value is -2.23. The van der Waals surface area contributed by atoms with Crippen molar-refractivity contribution in [3.8, 4) is 5.75 Å². The molecular weight excluding hydrogens is 216 g/mol. The van der Waals surface area contributed by atoms with Crippen LogP contribution in [0.1, 0.15) is 11.6 Å². The molecule has 0 fully saturated rings. The van der Waals surface area contributed by atoms with Gasteiger partial charge in [-0.3, -0.25) is 4.79 Å². The van der Waals surface area contributed by atoms with E-state index in [0.717, 1.165) is 17.0 Å². The number of carbonyl (C=O) groups is 1. The van der Waals surface area contributed by atoms with Crippen LogP contribution < -0.4 is 10.1 Å². The van der Waals surface area contributed by atoms with Gasteiger partial charge < -0.3 is 14.6 Å². The molecule has 86 valence electrons. The van der Waals surface area contributed by atoms with Crippen molar-refractivity contribution in [1.82, 2.24) is 4.57 Å². The number of carbonyl (C=O) groups excluding carboxylic acids is 1. The van der Waals surface area contributed by atoms with E-state index < -0.39 is 0 Å². The summed E-state index contributed by atoms with van der Waals surface area (Å²) in [7, 11) is 1.62. The van der Waals surface area contributed by atoms with Crippen LogP contribution in [0.5, 0.6) is 5.75 Å². The molecule has 1 aliphatic heterocycles. The van der Waals surface area contributed by atoms with Crippen molar-refractivity contribution in [2.45, 2.75) is 6.04 Å². The van der Waals surface area contributed by atoms with Crippen LogP contribution in [0.2, 0.25) is 0 Å². The summed E-state index contributed by atoms with van der Waals surface area (Å²) < 4.78 is 7.08. The number of ether oxygens (including phenoxy) is 1. The average Bonchev–Trinajstić information content (AvgIpc) is 2.93. The van der Waals surface area contributed by atoms with E-state index >= 15 is 0 Å². The molecule has 0 saturated heterocycles. The first-order valence-corrected chi connectivity index (χ1v) is 5.41. The van der Waals surface area contributed by atoms with Crippen molar-refractivity contribution >= 4 is 11.6 Å². The SMILES string of the molecule is COc1ccc2c(c1)C(n1cccc1)C(=O)N2. The standard InChI is InChI=1S/C13H12N2O2/c1-17-9-4-5-11-10(8-9)12(13(16)14-11)15-6-2-3-7-15/h2-8,12H,1H3,(H,14,16). The van der Waals surface area contributed by atoms with Crippen molar-refractivity contribution in [3.63, 3.8) is 0 Å². The van der Waals surface area contributed by atoms with Gasteiger partial charge in [0.05, 0.1) is 7.11 Å². The first kappa shape index (κ1) is 9.96. The number of benzene rings is 1. The van der Waals surface area contributed by atoms with Crippen LogP contribution in [-0.2, 0) is 4.79 Å². The second-order valence-corrected chi connectivity index (χ2v) is 3.98. The second-order valence-electron chi connectivity index (χ2n) is 3.98. The fourth-order valence-electron chi connectivity index (χ4n) is 2.17. The van der Waals surface area contributed by atoms with Gasteiger partial charge in [0.15, 0.2) is 0 Å². The lowest BCUT2D eigenvalue weighted by Gasteiger charge is -2.11. The van der Waals surface area contributed by atoms with Crippen LogP contribution in [0.3, 0.4) is 0 Å². The molecule has 1 atom stereocenters. The monoisotopic (exact) mass is 228 g/mol. The number of amides is 1. The first-order chi connectivity index (χ1) is 8.29. The molecule has 3 rings (SSSR count). The Morgan fingerprint density at radius 3 is 2.76 bits per heavy atom. The first-order valence-electron chi connectivity index (χ1n) is 5.41. The molecule has 0 bridgehead atoms. The smallest absolute Gasteiger partial charge is 0.252 e. The zero-order chi connectivity index (χ0) is 11.8.